The van der Waals surface area contributed by atoms with Gasteiger partial charge in [-0.15, -0.1) is 11.3 Å². The molecule has 24 heavy (non-hydrogen) atoms. The number of anilines is 1. The summed E-state index contributed by atoms with van der Waals surface area (Å²) in [7, 11) is 0. The fraction of sp³-hybridized carbons (Fsp3) is 0.438. The maximum Gasteiger partial charge on any atom is 0.270 e. The summed E-state index contributed by atoms with van der Waals surface area (Å²) in [5.74, 6) is -0.131. The van der Waals surface area contributed by atoms with Gasteiger partial charge in [0.1, 0.15) is 5.69 Å². The number of morpholine rings is 1. The average Bonchev–Trinajstić information content (AvgIpc) is 3.11. The molecule has 3 rings (SSSR count). The lowest BCUT2D eigenvalue weighted by molar-refractivity contribution is 0.0383. The molecule has 0 aliphatic carbocycles. The maximum atomic E-state index is 12.1. The highest BCUT2D eigenvalue weighted by Crippen LogP contribution is 2.16. The number of amides is 1. The van der Waals surface area contributed by atoms with E-state index in [0.717, 1.165) is 43.5 Å². The largest absolute Gasteiger partial charge is 0.379 e. The highest BCUT2D eigenvalue weighted by atomic mass is 32.1. The molecule has 2 aromatic heterocycles. The van der Waals surface area contributed by atoms with E-state index in [-0.39, 0.29) is 5.91 Å². The minimum absolute atomic E-state index is 0.131. The number of pyridine rings is 1. The molecule has 0 unspecified atom stereocenters. The second kappa shape index (κ2) is 8.72. The van der Waals surface area contributed by atoms with E-state index in [1.54, 1.807) is 17.8 Å². The van der Waals surface area contributed by atoms with Gasteiger partial charge in [-0.3, -0.25) is 14.7 Å². The standard InChI is InChI=1S/C16H21N5O2S/c22-15(18-4-5-21-6-8-23-9-7-21)14-12-24-16(20-14)19-11-13-2-1-3-17-10-13/h1-3,10,12H,4-9,11H2,(H,18,22)(H,19,20). The van der Waals surface area contributed by atoms with Gasteiger partial charge in [-0.2, -0.15) is 0 Å². The summed E-state index contributed by atoms with van der Waals surface area (Å²) < 4.78 is 5.31. The predicted octanol–water partition coefficient (Wildman–Crippen LogP) is 1.21. The number of ether oxygens (including phenoxy) is 1. The van der Waals surface area contributed by atoms with E-state index in [9.17, 15) is 4.79 Å². The number of nitrogens with one attached hydrogen (secondary N) is 2. The molecule has 3 heterocycles. The van der Waals surface area contributed by atoms with Gasteiger partial charge in [0.25, 0.3) is 5.91 Å². The van der Waals surface area contributed by atoms with Crippen LogP contribution in [0.3, 0.4) is 0 Å². The Labute approximate surface area is 145 Å². The molecule has 0 bridgehead atoms. The zero-order valence-corrected chi connectivity index (χ0v) is 14.2. The summed E-state index contributed by atoms with van der Waals surface area (Å²) >= 11 is 1.43. The third-order valence-electron chi connectivity index (χ3n) is 3.72. The van der Waals surface area contributed by atoms with E-state index in [0.29, 0.717) is 18.8 Å². The van der Waals surface area contributed by atoms with E-state index in [4.69, 9.17) is 4.74 Å². The molecule has 7 nitrogen and oxygen atoms in total. The van der Waals surface area contributed by atoms with Crippen molar-refractivity contribution in [1.82, 2.24) is 20.2 Å². The number of rotatable bonds is 7. The highest BCUT2D eigenvalue weighted by molar-refractivity contribution is 7.13. The quantitative estimate of drug-likeness (QED) is 0.784. The van der Waals surface area contributed by atoms with Gasteiger partial charge in [0.05, 0.1) is 13.2 Å². The van der Waals surface area contributed by atoms with Crippen LogP contribution < -0.4 is 10.6 Å². The fourth-order valence-electron chi connectivity index (χ4n) is 2.38. The molecule has 2 aromatic rings. The van der Waals surface area contributed by atoms with Crippen LogP contribution >= 0.6 is 11.3 Å². The second-order valence-electron chi connectivity index (χ2n) is 5.46. The molecule has 0 atom stereocenters. The van der Waals surface area contributed by atoms with Crippen molar-refractivity contribution in [3.05, 3.63) is 41.2 Å². The van der Waals surface area contributed by atoms with Gasteiger partial charge in [-0.25, -0.2) is 4.98 Å². The van der Waals surface area contributed by atoms with Crippen molar-refractivity contribution in [2.24, 2.45) is 0 Å². The molecule has 1 aliphatic rings. The molecule has 1 amide bonds. The lowest BCUT2D eigenvalue weighted by atomic mass is 10.3. The minimum atomic E-state index is -0.131. The number of thiazole rings is 1. The number of hydrogen-bond acceptors (Lipinski definition) is 7. The summed E-state index contributed by atoms with van der Waals surface area (Å²) in [6.45, 7) is 5.49. The summed E-state index contributed by atoms with van der Waals surface area (Å²) in [6.07, 6.45) is 3.55. The molecule has 1 aliphatic heterocycles. The van der Waals surface area contributed by atoms with Gasteiger partial charge >= 0.3 is 0 Å². The zero-order chi connectivity index (χ0) is 16.6. The molecule has 0 spiro atoms. The predicted molar refractivity (Wildman–Crippen MR) is 93.3 cm³/mol. The lowest BCUT2D eigenvalue weighted by Gasteiger charge is -2.26. The van der Waals surface area contributed by atoms with Crippen molar-refractivity contribution in [3.63, 3.8) is 0 Å². The first-order valence-corrected chi connectivity index (χ1v) is 8.86. The van der Waals surface area contributed by atoms with E-state index in [2.05, 4.69) is 25.5 Å². The van der Waals surface area contributed by atoms with Crippen molar-refractivity contribution in [2.75, 3.05) is 44.7 Å². The van der Waals surface area contributed by atoms with Crippen LogP contribution in [-0.2, 0) is 11.3 Å². The minimum Gasteiger partial charge on any atom is -0.379 e. The molecule has 1 saturated heterocycles. The normalized spacial score (nSPS) is 15.2. The number of hydrogen-bond donors (Lipinski definition) is 2. The van der Waals surface area contributed by atoms with Gasteiger partial charge in [0.15, 0.2) is 5.13 Å². The smallest absolute Gasteiger partial charge is 0.270 e. The molecular formula is C16H21N5O2S. The fourth-order valence-corrected chi connectivity index (χ4v) is 3.07. The van der Waals surface area contributed by atoms with Crippen LogP contribution in [0, 0.1) is 0 Å². The van der Waals surface area contributed by atoms with Crippen LogP contribution in [0.25, 0.3) is 0 Å². The van der Waals surface area contributed by atoms with Gasteiger partial charge in [0, 0.05) is 50.5 Å². The number of nitrogens with zero attached hydrogens (tertiary/aromatic N) is 3. The van der Waals surface area contributed by atoms with Gasteiger partial charge in [-0.1, -0.05) is 6.07 Å². The Bertz CT molecular complexity index is 643. The topological polar surface area (TPSA) is 79.4 Å². The lowest BCUT2D eigenvalue weighted by Crippen LogP contribution is -2.41. The maximum absolute atomic E-state index is 12.1. The van der Waals surface area contributed by atoms with E-state index in [1.165, 1.54) is 11.3 Å². The Morgan fingerprint density at radius 3 is 3.04 bits per heavy atom. The Morgan fingerprint density at radius 2 is 2.25 bits per heavy atom. The van der Waals surface area contributed by atoms with Crippen molar-refractivity contribution in [2.45, 2.75) is 6.54 Å². The Morgan fingerprint density at radius 1 is 1.38 bits per heavy atom. The van der Waals surface area contributed by atoms with Crippen LogP contribution in [-0.4, -0.2) is 60.2 Å². The van der Waals surface area contributed by atoms with Gasteiger partial charge in [-0.05, 0) is 11.6 Å². The molecule has 0 aromatic carbocycles. The average molecular weight is 347 g/mol. The molecule has 1 fully saturated rings. The molecule has 0 saturated carbocycles. The molecular weight excluding hydrogens is 326 g/mol. The number of carbonyl (C=O) groups is 1. The first-order chi connectivity index (χ1) is 11.8. The first-order valence-electron chi connectivity index (χ1n) is 7.98. The SMILES string of the molecule is O=C(NCCN1CCOCC1)c1csc(NCc2cccnc2)n1. The second-order valence-corrected chi connectivity index (χ2v) is 6.32. The van der Waals surface area contributed by atoms with Crippen LogP contribution in [0.4, 0.5) is 5.13 Å². The van der Waals surface area contributed by atoms with Crippen molar-refractivity contribution in [3.8, 4) is 0 Å². The third kappa shape index (κ3) is 4.98. The Hall–Kier alpha value is -2.03. The summed E-state index contributed by atoms with van der Waals surface area (Å²) in [5, 5.41) is 8.63. The molecule has 0 radical (unpaired) electrons. The first kappa shape index (κ1) is 16.8. The molecule has 128 valence electrons. The monoisotopic (exact) mass is 347 g/mol. The van der Waals surface area contributed by atoms with Gasteiger partial charge < -0.3 is 15.4 Å². The summed E-state index contributed by atoms with van der Waals surface area (Å²) in [5.41, 5.74) is 1.53. The van der Waals surface area contributed by atoms with Crippen molar-refractivity contribution >= 4 is 22.4 Å². The summed E-state index contributed by atoms with van der Waals surface area (Å²) in [4.78, 5) is 22.8. The number of carbonyl (C=O) groups excluding carboxylic acids is 1. The van der Waals surface area contributed by atoms with E-state index < -0.39 is 0 Å². The highest BCUT2D eigenvalue weighted by Gasteiger charge is 2.13. The number of aromatic nitrogens is 2. The third-order valence-corrected chi connectivity index (χ3v) is 4.52. The zero-order valence-electron chi connectivity index (χ0n) is 13.4. The summed E-state index contributed by atoms with van der Waals surface area (Å²) in [6, 6.07) is 3.89. The van der Waals surface area contributed by atoms with Gasteiger partial charge in [0.2, 0.25) is 0 Å². The molecule has 8 heteroatoms. The van der Waals surface area contributed by atoms with Crippen molar-refractivity contribution in [1.29, 1.82) is 0 Å². The van der Waals surface area contributed by atoms with Crippen LogP contribution in [0.2, 0.25) is 0 Å². The van der Waals surface area contributed by atoms with Crippen LogP contribution in [0.1, 0.15) is 16.1 Å². The molecule has 2 N–H and O–H groups in total. The van der Waals surface area contributed by atoms with E-state index >= 15 is 0 Å². The Kier molecular flexibility index (Phi) is 6.11. The van der Waals surface area contributed by atoms with Crippen LogP contribution in [0.5, 0.6) is 0 Å². The van der Waals surface area contributed by atoms with E-state index in [1.807, 2.05) is 12.1 Å². The van der Waals surface area contributed by atoms with Crippen molar-refractivity contribution < 1.29 is 9.53 Å². The Balaban J connectivity index is 1.41. The van der Waals surface area contributed by atoms with Crippen LogP contribution in [0.15, 0.2) is 29.9 Å².